The van der Waals surface area contributed by atoms with E-state index in [4.69, 9.17) is 27.9 Å². The number of hydrogen-bond acceptors (Lipinski definition) is 2. The summed E-state index contributed by atoms with van der Waals surface area (Å²) in [5.41, 5.74) is 2.78. The van der Waals surface area contributed by atoms with E-state index in [1.54, 1.807) is 12.1 Å². The Morgan fingerprint density at radius 1 is 1.15 bits per heavy atom. The van der Waals surface area contributed by atoms with Crippen molar-refractivity contribution in [2.75, 3.05) is 5.32 Å². The largest absolute Gasteiger partial charge is 0.417 e. The van der Waals surface area contributed by atoms with Gasteiger partial charge in [-0.15, -0.1) is 0 Å². The molecule has 0 saturated carbocycles. The summed E-state index contributed by atoms with van der Waals surface area (Å²) in [4.78, 5) is 11.9. The molecule has 0 aliphatic rings. The van der Waals surface area contributed by atoms with Crippen LogP contribution >= 0.6 is 23.2 Å². The van der Waals surface area contributed by atoms with Crippen LogP contribution in [0.3, 0.4) is 0 Å². The molecule has 5 heteroatoms. The van der Waals surface area contributed by atoms with Gasteiger partial charge in [0.2, 0.25) is 0 Å². The first-order valence-corrected chi connectivity index (χ1v) is 6.73. The molecule has 2 rings (SSSR count). The van der Waals surface area contributed by atoms with Crippen LogP contribution in [0, 0.1) is 13.8 Å². The number of nitrogens with one attached hydrogen (secondary N) is 1. The van der Waals surface area contributed by atoms with Gasteiger partial charge in [0.25, 0.3) is 0 Å². The Labute approximate surface area is 127 Å². The van der Waals surface area contributed by atoms with Crippen LogP contribution in [0.25, 0.3) is 0 Å². The number of ether oxygens (including phenoxy) is 1. The number of anilines is 1. The number of amides is 1. The number of rotatable bonds is 2. The van der Waals surface area contributed by atoms with Crippen molar-refractivity contribution >= 4 is 35.0 Å². The molecule has 0 fully saturated rings. The lowest BCUT2D eigenvalue weighted by molar-refractivity contribution is 0.215. The first-order valence-electron chi connectivity index (χ1n) is 5.97. The number of carbonyl (C=O) groups is 1. The molecule has 104 valence electrons. The highest BCUT2D eigenvalue weighted by molar-refractivity contribution is 6.34. The van der Waals surface area contributed by atoms with Gasteiger partial charge < -0.3 is 4.74 Å². The van der Waals surface area contributed by atoms with E-state index >= 15 is 0 Å². The van der Waals surface area contributed by atoms with Crippen LogP contribution in [0.2, 0.25) is 10.0 Å². The molecule has 0 atom stereocenters. The minimum atomic E-state index is -0.608. The van der Waals surface area contributed by atoms with E-state index in [-0.39, 0.29) is 5.75 Å². The molecule has 2 aromatic carbocycles. The molecule has 0 bridgehead atoms. The van der Waals surface area contributed by atoms with Gasteiger partial charge in [-0.2, -0.15) is 0 Å². The monoisotopic (exact) mass is 309 g/mol. The molecular weight excluding hydrogens is 297 g/mol. The number of halogens is 2. The maximum Gasteiger partial charge on any atom is 0.417 e. The predicted molar refractivity (Wildman–Crippen MR) is 82.0 cm³/mol. The third-order valence-corrected chi connectivity index (χ3v) is 3.48. The summed E-state index contributed by atoms with van der Waals surface area (Å²) in [5, 5.41) is 3.46. The molecule has 0 aliphatic heterocycles. The van der Waals surface area contributed by atoms with Crippen LogP contribution in [0.15, 0.2) is 36.4 Å². The Kier molecular flexibility index (Phi) is 4.53. The van der Waals surface area contributed by atoms with Gasteiger partial charge in [0.15, 0.2) is 5.75 Å². The molecule has 0 heterocycles. The topological polar surface area (TPSA) is 38.3 Å². The Bertz CT molecular complexity index is 650. The lowest BCUT2D eigenvalue weighted by atomic mass is 10.1. The van der Waals surface area contributed by atoms with E-state index in [0.29, 0.717) is 15.7 Å². The fourth-order valence-electron chi connectivity index (χ4n) is 1.68. The van der Waals surface area contributed by atoms with E-state index < -0.39 is 6.09 Å². The van der Waals surface area contributed by atoms with E-state index in [1.165, 1.54) is 6.07 Å². The molecule has 1 amide bonds. The zero-order chi connectivity index (χ0) is 14.7. The highest BCUT2D eigenvalue weighted by Crippen LogP contribution is 2.28. The first-order chi connectivity index (χ1) is 9.47. The zero-order valence-corrected chi connectivity index (χ0v) is 12.5. The summed E-state index contributed by atoms with van der Waals surface area (Å²) in [6.45, 7) is 3.90. The Balaban J connectivity index is 2.13. The SMILES string of the molecule is Cc1cccc(NC(=O)Oc2cc(Cl)ccc2Cl)c1C. The fourth-order valence-corrected chi connectivity index (χ4v) is 2.00. The van der Waals surface area contributed by atoms with Crippen LogP contribution in [0.5, 0.6) is 5.75 Å². The standard InChI is InChI=1S/C15H13Cl2NO2/c1-9-4-3-5-13(10(9)2)18-15(19)20-14-8-11(16)6-7-12(14)17/h3-8H,1-2H3,(H,18,19). The molecule has 0 aromatic heterocycles. The van der Waals surface area contributed by atoms with E-state index in [2.05, 4.69) is 5.32 Å². The van der Waals surface area contributed by atoms with E-state index in [1.807, 2.05) is 32.0 Å². The highest BCUT2D eigenvalue weighted by atomic mass is 35.5. The second kappa shape index (κ2) is 6.16. The van der Waals surface area contributed by atoms with Crippen molar-refractivity contribution in [1.82, 2.24) is 0 Å². The summed E-state index contributed by atoms with van der Waals surface area (Å²) in [5.74, 6) is 0.224. The first kappa shape index (κ1) is 14.7. The molecule has 2 aromatic rings. The van der Waals surface area contributed by atoms with Crippen LogP contribution < -0.4 is 10.1 Å². The highest BCUT2D eigenvalue weighted by Gasteiger charge is 2.10. The smallest absolute Gasteiger partial charge is 0.408 e. The van der Waals surface area contributed by atoms with Crippen LogP contribution in [0.1, 0.15) is 11.1 Å². The fraction of sp³-hybridized carbons (Fsp3) is 0.133. The van der Waals surface area contributed by atoms with Gasteiger partial charge in [-0.1, -0.05) is 35.3 Å². The second-order valence-corrected chi connectivity index (χ2v) is 5.18. The van der Waals surface area contributed by atoms with Crippen molar-refractivity contribution in [2.45, 2.75) is 13.8 Å². The van der Waals surface area contributed by atoms with Gasteiger partial charge in [-0.25, -0.2) is 4.79 Å². The Morgan fingerprint density at radius 2 is 1.90 bits per heavy atom. The Morgan fingerprint density at radius 3 is 2.65 bits per heavy atom. The van der Waals surface area contributed by atoms with Gasteiger partial charge in [0, 0.05) is 16.8 Å². The van der Waals surface area contributed by atoms with Crippen molar-refractivity contribution in [3.8, 4) is 5.75 Å². The third kappa shape index (κ3) is 3.44. The number of benzene rings is 2. The maximum absolute atomic E-state index is 11.9. The molecule has 0 radical (unpaired) electrons. The van der Waals surface area contributed by atoms with Crippen molar-refractivity contribution < 1.29 is 9.53 Å². The molecule has 0 saturated heterocycles. The lowest BCUT2D eigenvalue weighted by Gasteiger charge is -2.11. The number of aryl methyl sites for hydroxylation is 1. The minimum Gasteiger partial charge on any atom is -0.408 e. The molecular formula is C15H13Cl2NO2. The lowest BCUT2D eigenvalue weighted by Crippen LogP contribution is -2.17. The van der Waals surface area contributed by atoms with Gasteiger partial charge in [0.05, 0.1) is 5.02 Å². The molecule has 1 N–H and O–H groups in total. The van der Waals surface area contributed by atoms with Gasteiger partial charge in [0.1, 0.15) is 0 Å². The number of carbonyl (C=O) groups excluding carboxylic acids is 1. The molecule has 20 heavy (non-hydrogen) atoms. The predicted octanol–water partition coefficient (Wildman–Crippen LogP) is 5.22. The quantitative estimate of drug-likeness (QED) is 0.825. The van der Waals surface area contributed by atoms with Crippen LogP contribution in [-0.2, 0) is 0 Å². The van der Waals surface area contributed by atoms with Gasteiger partial charge >= 0.3 is 6.09 Å². The normalized spacial score (nSPS) is 10.2. The van der Waals surface area contributed by atoms with Gasteiger partial charge in [-0.3, -0.25) is 5.32 Å². The van der Waals surface area contributed by atoms with E-state index in [0.717, 1.165) is 11.1 Å². The minimum absolute atomic E-state index is 0.224. The molecule has 0 spiro atoms. The summed E-state index contributed by atoms with van der Waals surface area (Å²) < 4.78 is 5.16. The summed E-state index contributed by atoms with van der Waals surface area (Å²) in [6.07, 6.45) is -0.608. The second-order valence-electron chi connectivity index (χ2n) is 4.34. The van der Waals surface area contributed by atoms with Crippen LogP contribution in [-0.4, -0.2) is 6.09 Å². The zero-order valence-electron chi connectivity index (χ0n) is 11.0. The summed E-state index contributed by atoms with van der Waals surface area (Å²) in [7, 11) is 0. The summed E-state index contributed by atoms with van der Waals surface area (Å²) in [6, 6.07) is 10.3. The van der Waals surface area contributed by atoms with Crippen molar-refractivity contribution in [3.05, 3.63) is 57.6 Å². The Hall–Kier alpha value is -1.71. The summed E-state index contributed by atoms with van der Waals surface area (Å²) >= 11 is 11.8. The van der Waals surface area contributed by atoms with Crippen molar-refractivity contribution in [2.24, 2.45) is 0 Å². The molecule has 0 unspecified atom stereocenters. The molecule has 0 aliphatic carbocycles. The molecule has 3 nitrogen and oxygen atoms in total. The van der Waals surface area contributed by atoms with Gasteiger partial charge in [-0.05, 0) is 43.2 Å². The van der Waals surface area contributed by atoms with E-state index in [9.17, 15) is 4.79 Å². The van der Waals surface area contributed by atoms with Crippen LogP contribution in [0.4, 0.5) is 10.5 Å². The average molecular weight is 310 g/mol. The average Bonchev–Trinajstić information content (AvgIpc) is 2.39. The maximum atomic E-state index is 11.9. The van der Waals surface area contributed by atoms with Crippen molar-refractivity contribution in [1.29, 1.82) is 0 Å². The van der Waals surface area contributed by atoms with Crippen molar-refractivity contribution in [3.63, 3.8) is 0 Å². The third-order valence-electron chi connectivity index (χ3n) is 2.94. The number of hydrogen-bond donors (Lipinski definition) is 1.